The van der Waals surface area contributed by atoms with Gasteiger partial charge in [-0.15, -0.1) is 0 Å². The summed E-state index contributed by atoms with van der Waals surface area (Å²) < 4.78 is 1.39. The van der Waals surface area contributed by atoms with Gasteiger partial charge in [0.05, 0.1) is 16.7 Å². The minimum Gasteiger partial charge on any atom is -0.505 e. The van der Waals surface area contributed by atoms with Gasteiger partial charge in [0.25, 0.3) is 5.56 Å². The predicted octanol–water partition coefficient (Wildman–Crippen LogP) is 4.65. The lowest BCUT2D eigenvalue weighted by Gasteiger charge is -2.18. The first-order valence-corrected chi connectivity index (χ1v) is 10.3. The Labute approximate surface area is 178 Å². The Kier molecular flexibility index (Phi) is 4.51. The van der Waals surface area contributed by atoms with Gasteiger partial charge in [-0.1, -0.05) is 23.7 Å². The van der Waals surface area contributed by atoms with Crippen LogP contribution in [-0.4, -0.2) is 33.0 Å². The van der Waals surface area contributed by atoms with E-state index in [1.165, 1.54) is 23.2 Å². The van der Waals surface area contributed by atoms with Gasteiger partial charge < -0.3 is 15.0 Å². The van der Waals surface area contributed by atoms with Crippen molar-refractivity contribution in [1.82, 2.24) is 14.8 Å². The molecule has 0 aliphatic carbocycles. The molecule has 6 nitrogen and oxygen atoms in total. The van der Waals surface area contributed by atoms with Crippen LogP contribution in [0.5, 0.6) is 5.75 Å². The van der Waals surface area contributed by atoms with E-state index >= 15 is 0 Å². The SMILES string of the molecule is Cc1cnn(-c2c(O)c3cc(-c4ccc(N5CCCC5)cc4)c(Cl)cc3[nH]c2=O)c1. The maximum absolute atomic E-state index is 12.6. The van der Waals surface area contributed by atoms with E-state index < -0.39 is 5.56 Å². The molecule has 30 heavy (non-hydrogen) atoms. The molecule has 4 aromatic rings. The van der Waals surface area contributed by atoms with Gasteiger partial charge in [-0.25, -0.2) is 4.68 Å². The number of aromatic hydroxyl groups is 1. The molecule has 0 amide bonds. The van der Waals surface area contributed by atoms with Crippen LogP contribution in [-0.2, 0) is 0 Å². The smallest absolute Gasteiger partial charge is 0.278 e. The van der Waals surface area contributed by atoms with E-state index in [1.807, 2.05) is 25.1 Å². The lowest BCUT2D eigenvalue weighted by atomic mass is 10.0. The van der Waals surface area contributed by atoms with E-state index in [1.54, 1.807) is 18.5 Å². The van der Waals surface area contributed by atoms with Crippen LogP contribution in [0.4, 0.5) is 5.69 Å². The number of benzene rings is 2. The molecule has 0 radical (unpaired) electrons. The highest BCUT2D eigenvalue weighted by molar-refractivity contribution is 6.34. The molecule has 7 heteroatoms. The van der Waals surface area contributed by atoms with Gasteiger partial charge in [0.15, 0.2) is 11.4 Å². The molecule has 0 atom stereocenters. The number of rotatable bonds is 3. The van der Waals surface area contributed by atoms with Crippen LogP contribution in [0.2, 0.25) is 5.02 Å². The highest BCUT2D eigenvalue weighted by atomic mass is 35.5. The second-order valence-corrected chi connectivity index (χ2v) is 8.14. The van der Waals surface area contributed by atoms with Crippen molar-refractivity contribution in [3.8, 4) is 22.6 Å². The molecule has 2 aromatic carbocycles. The lowest BCUT2D eigenvalue weighted by Crippen LogP contribution is -2.17. The average molecular weight is 421 g/mol. The summed E-state index contributed by atoms with van der Waals surface area (Å²) in [5, 5.41) is 16.1. The van der Waals surface area contributed by atoms with Crippen molar-refractivity contribution in [2.24, 2.45) is 0 Å². The van der Waals surface area contributed by atoms with Crippen LogP contribution in [0.1, 0.15) is 18.4 Å². The standard InChI is InChI=1S/C23H21ClN4O2/c1-14-12-25-28(13-14)21-22(29)18-10-17(19(24)11-20(18)26-23(21)30)15-4-6-16(7-5-15)27-8-2-3-9-27/h4-7,10-13H,2-3,8-9H2,1H3,(H2,26,29,30). The third-order valence-corrected chi connectivity index (χ3v) is 5.95. The summed E-state index contributed by atoms with van der Waals surface area (Å²) in [4.78, 5) is 17.7. The van der Waals surface area contributed by atoms with Gasteiger partial charge in [-0.2, -0.15) is 5.10 Å². The van der Waals surface area contributed by atoms with Gasteiger partial charge in [0.2, 0.25) is 0 Å². The molecule has 0 bridgehead atoms. The van der Waals surface area contributed by atoms with E-state index in [2.05, 4.69) is 27.1 Å². The van der Waals surface area contributed by atoms with Gasteiger partial charge in [0, 0.05) is 35.9 Å². The van der Waals surface area contributed by atoms with Crippen LogP contribution < -0.4 is 10.5 Å². The first kappa shape index (κ1) is 18.8. The Morgan fingerprint density at radius 1 is 1.13 bits per heavy atom. The van der Waals surface area contributed by atoms with Gasteiger partial charge in [-0.05, 0) is 55.2 Å². The number of fused-ring (bicyclic) bond motifs is 1. The number of aromatic nitrogens is 3. The second kappa shape index (κ2) is 7.22. The summed E-state index contributed by atoms with van der Waals surface area (Å²) in [6, 6.07) is 11.8. The Hall–Kier alpha value is -3.25. The van der Waals surface area contributed by atoms with E-state index in [4.69, 9.17) is 11.6 Å². The normalized spacial score (nSPS) is 14.0. The number of halogens is 1. The van der Waals surface area contributed by atoms with Crippen molar-refractivity contribution >= 4 is 28.2 Å². The minimum absolute atomic E-state index is 0.0910. The average Bonchev–Trinajstić information content (AvgIpc) is 3.40. The van der Waals surface area contributed by atoms with E-state index in [9.17, 15) is 9.90 Å². The lowest BCUT2D eigenvalue weighted by molar-refractivity contribution is 0.475. The number of hydrogen-bond acceptors (Lipinski definition) is 4. The maximum Gasteiger partial charge on any atom is 0.278 e. The fourth-order valence-electron chi connectivity index (χ4n) is 4.09. The van der Waals surface area contributed by atoms with Crippen LogP contribution >= 0.6 is 11.6 Å². The zero-order valence-corrected chi connectivity index (χ0v) is 17.3. The van der Waals surface area contributed by atoms with Crippen molar-refractivity contribution in [2.75, 3.05) is 18.0 Å². The number of hydrogen-bond donors (Lipinski definition) is 2. The number of aromatic amines is 1. The van der Waals surface area contributed by atoms with Crippen molar-refractivity contribution in [3.05, 3.63) is 69.7 Å². The monoisotopic (exact) mass is 420 g/mol. The fourth-order valence-corrected chi connectivity index (χ4v) is 4.36. The summed E-state index contributed by atoms with van der Waals surface area (Å²) >= 11 is 6.54. The molecule has 2 N–H and O–H groups in total. The summed E-state index contributed by atoms with van der Waals surface area (Å²) in [5.41, 5.74) is 3.98. The largest absolute Gasteiger partial charge is 0.505 e. The Morgan fingerprint density at radius 2 is 1.87 bits per heavy atom. The molecule has 0 spiro atoms. The summed E-state index contributed by atoms with van der Waals surface area (Å²) in [7, 11) is 0. The minimum atomic E-state index is -0.429. The Bertz CT molecular complexity index is 1300. The zero-order valence-electron chi connectivity index (χ0n) is 16.5. The van der Waals surface area contributed by atoms with Gasteiger partial charge in [-0.3, -0.25) is 4.79 Å². The number of H-pyrrole nitrogens is 1. The van der Waals surface area contributed by atoms with Gasteiger partial charge >= 0.3 is 0 Å². The number of nitrogens with zero attached hydrogens (tertiary/aromatic N) is 3. The highest BCUT2D eigenvalue weighted by Gasteiger charge is 2.18. The molecular weight excluding hydrogens is 400 g/mol. The van der Waals surface area contributed by atoms with Crippen LogP contribution in [0.25, 0.3) is 27.7 Å². The summed E-state index contributed by atoms with van der Waals surface area (Å²) in [6.45, 7) is 4.06. The molecule has 1 aliphatic rings. The van der Waals surface area contributed by atoms with Crippen LogP contribution in [0.15, 0.2) is 53.6 Å². The van der Waals surface area contributed by atoms with E-state index in [-0.39, 0.29) is 11.4 Å². The number of pyridine rings is 1. The zero-order chi connectivity index (χ0) is 20.8. The molecule has 1 fully saturated rings. The van der Waals surface area contributed by atoms with Crippen LogP contribution in [0, 0.1) is 6.92 Å². The van der Waals surface area contributed by atoms with Gasteiger partial charge in [0.1, 0.15) is 0 Å². The topological polar surface area (TPSA) is 74.2 Å². The third-order valence-electron chi connectivity index (χ3n) is 5.64. The second-order valence-electron chi connectivity index (χ2n) is 7.73. The molecule has 5 rings (SSSR count). The molecule has 1 saturated heterocycles. The van der Waals surface area contributed by atoms with Crippen LogP contribution in [0.3, 0.4) is 0 Å². The van der Waals surface area contributed by atoms with E-state index in [0.717, 1.165) is 29.8 Å². The number of aryl methyl sites for hydroxylation is 1. The van der Waals surface area contributed by atoms with Crippen molar-refractivity contribution < 1.29 is 5.11 Å². The Balaban J connectivity index is 1.62. The maximum atomic E-state index is 12.6. The third kappa shape index (κ3) is 3.13. The summed E-state index contributed by atoms with van der Waals surface area (Å²) in [6.07, 6.45) is 5.80. The van der Waals surface area contributed by atoms with E-state index in [0.29, 0.717) is 15.9 Å². The molecule has 0 unspecified atom stereocenters. The molecular formula is C23H21ClN4O2. The molecule has 152 valence electrons. The number of nitrogens with one attached hydrogen (secondary N) is 1. The molecule has 0 saturated carbocycles. The molecule has 3 heterocycles. The highest BCUT2D eigenvalue weighted by Crippen LogP contribution is 2.36. The molecule has 2 aromatic heterocycles. The van der Waals surface area contributed by atoms with Crippen molar-refractivity contribution in [1.29, 1.82) is 0 Å². The van der Waals surface area contributed by atoms with Crippen molar-refractivity contribution in [3.63, 3.8) is 0 Å². The first-order valence-electron chi connectivity index (χ1n) is 9.97. The fraction of sp³-hybridized carbons (Fsp3) is 0.217. The quantitative estimate of drug-likeness (QED) is 0.506. The van der Waals surface area contributed by atoms with Crippen molar-refractivity contribution in [2.45, 2.75) is 19.8 Å². The Morgan fingerprint density at radius 3 is 2.53 bits per heavy atom. The molecule has 1 aliphatic heterocycles. The summed E-state index contributed by atoms with van der Waals surface area (Å²) in [5.74, 6) is -0.122. The predicted molar refractivity (Wildman–Crippen MR) is 120 cm³/mol. The number of anilines is 1. The first-order chi connectivity index (χ1) is 14.5.